The molecule has 0 aromatic heterocycles. The van der Waals surface area contributed by atoms with Crippen molar-refractivity contribution in [3.05, 3.63) is 6.92 Å². The second-order valence-corrected chi connectivity index (χ2v) is 4.02. The fourth-order valence-corrected chi connectivity index (χ4v) is 1.85. The predicted octanol–water partition coefficient (Wildman–Crippen LogP) is 3.28. The molecule has 0 aromatic carbocycles. The van der Waals surface area contributed by atoms with Crippen LogP contribution in [-0.4, -0.2) is 0 Å². The second kappa shape index (κ2) is 3.41. The van der Waals surface area contributed by atoms with Crippen molar-refractivity contribution in [1.29, 1.82) is 0 Å². The Morgan fingerprint density at radius 3 is 2.00 bits per heavy atom. The van der Waals surface area contributed by atoms with Crippen molar-refractivity contribution >= 4 is 0 Å². The second-order valence-electron chi connectivity index (χ2n) is 4.02. The Morgan fingerprint density at radius 1 is 1.10 bits per heavy atom. The van der Waals surface area contributed by atoms with Gasteiger partial charge in [0.25, 0.3) is 0 Å². The topological polar surface area (TPSA) is 0 Å². The maximum atomic E-state index is 4.09. The molecule has 1 radical (unpaired) electrons. The van der Waals surface area contributed by atoms with Crippen molar-refractivity contribution in [3.8, 4) is 0 Å². The van der Waals surface area contributed by atoms with Gasteiger partial charge in [-0.2, -0.15) is 0 Å². The van der Waals surface area contributed by atoms with Crippen LogP contribution in [0.1, 0.15) is 39.5 Å². The molecule has 10 heavy (non-hydrogen) atoms. The molecular weight excluding hydrogens is 120 g/mol. The zero-order chi connectivity index (χ0) is 7.56. The van der Waals surface area contributed by atoms with Crippen molar-refractivity contribution < 1.29 is 0 Å². The molecular formula is C10H19. The minimum atomic E-state index is 0.759. The molecule has 0 saturated heterocycles. The summed E-state index contributed by atoms with van der Waals surface area (Å²) in [6.45, 7) is 8.77. The van der Waals surface area contributed by atoms with Crippen LogP contribution in [-0.2, 0) is 0 Å². The molecule has 1 rings (SSSR count). The average molecular weight is 139 g/mol. The van der Waals surface area contributed by atoms with Gasteiger partial charge in [-0.05, 0) is 30.6 Å². The monoisotopic (exact) mass is 139 g/mol. The Kier molecular flexibility index (Phi) is 2.76. The zero-order valence-corrected chi connectivity index (χ0v) is 7.27. The fourth-order valence-electron chi connectivity index (χ4n) is 1.85. The van der Waals surface area contributed by atoms with Crippen LogP contribution < -0.4 is 0 Å². The summed E-state index contributed by atoms with van der Waals surface area (Å²) in [5, 5.41) is 0. The fraction of sp³-hybridized carbons (Fsp3) is 0.900. The molecule has 1 fully saturated rings. The lowest BCUT2D eigenvalue weighted by Gasteiger charge is -2.28. The lowest BCUT2D eigenvalue weighted by atomic mass is 9.78. The van der Waals surface area contributed by atoms with Gasteiger partial charge in [0.05, 0.1) is 0 Å². The highest BCUT2D eigenvalue weighted by molar-refractivity contribution is 4.75. The summed E-state index contributed by atoms with van der Waals surface area (Å²) < 4.78 is 0. The van der Waals surface area contributed by atoms with Crippen molar-refractivity contribution in [2.45, 2.75) is 39.5 Å². The van der Waals surface area contributed by atoms with Crippen LogP contribution in [0.3, 0.4) is 0 Å². The van der Waals surface area contributed by atoms with Crippen LogP contribution in [0.15, 0.2) is 0 Å². The zero-order valence-electron chi connectivity index (χ0n) is 7.27. The Bertz CT molecular complexity index is 86.2. The molecule has 0 amide bonds. The molecule has 59 valence electrons. The molecule has 0 aliphatic heterocycles. The van der Waals surface area contributed by atoms with Gasteiger partial charge in [-0.25, -0.2) is 0 Å². The third-order valence-electron chi connectivity index (χ3n) is 2.83. The minimum Gasteiger partial charge on any atom is -0.0625 e. The van der Waals surface area contributed by atoms with Crippen LogP contribution in [0, 0.1) is 24.7 Å². The quantitative estimate of drug-likeness (QED) is 0.523. The number of hydrogen-bond acceptors (Lipinski definition) is 0. The largest absolute Gasteiger partial charge is 0.0625 e. The molecule has 0 atom stereocenters. The highest BCUT2D eigenvalue weighted by atomic mass is 14.3. The molecule has 0 heterocycles. The van der Waals surface area contributed by atoms with E-state index < -0.39 is 0 Å². The first-order valence-electron chi connectivity index (χ1n) is 4.53. The van der Waals surface area contributed by atoms with Gasteiger partial charge in [0, 0.05) is 0 Å². The minimum absolute atomic E-state index is 0.759. The smallest absolute Gasteiger partial charge is 0.0391 e. The molecule has 0 nitrogen and oxygen atoms in total. The Hall–Kier alpha value is 0. The summed E-state index contributed by atoms with van der Waals surface area (Å²) in [6, 6.07) is 0. The van der Waals surface area contributed by atoms with E-state index in [-0.39, 0.29) is 0 Å². The Balaban J connectivity index is 2.26. The normalized spacial score (nSPS) is 34.8. The van der Waals surface area contributed by atoms with E-state index in [0.717, 1.165) is 17.8 Å². The molecule has 0 bridgehead atoms. The molecule has 0 heteroatoms. The van der Waals surface area contributed by atoms with E-state index >= 15 is 0 Å². The van der Waals surface area contributed by atoms with Gasteiger partial charge in [-0.15, -0.1) is 0 Å². The van der Waals surface area contributed by atoms with Crippen LogP contribution in [0.4, 0.5) is 0 Å². The Labute approximate surface area is 65.0 Å². The molecule has 0 aromatic rings. The third-order valence-corrected chi connectivity index (χ3v) is 2.83. The van der Waals surface area contributed by atoms with E-state index in [1.165, 1.54) is 25.7 Å². The summed E-state index contributed by atoms with van der Waals surface area (Å²) in [5.41, 5.74) is 0. The van der Waals surface area contributed by atoms with Crippen molar-refractivity contribution in [2.24, 2.45) is 17.8 Å². The highest BCUT2D eigenvalue weighted by Crippen LogP contribution is 2.32. The first kappa shape index (κ1) is 8.10. The van der Waals surface area contributed by atoms with E-state index in [1.54, 1.807) is 0 Å². The third kappa shape index (κ3) is 2.00. The first-order valence-corrected chi connectivity index (χ1v) is 4.53. The molecule has 0 N–H and O–H groups in total. The lowest BCUT2D eigenvalue weighted by molar-refractivity contribution is 0.247. The van der Waals surface area contributed by atoms with Crippen LogP contribution in [0.25, 0.3) is 0 Å². The molecule has 1 saturated carbocycles. The molecule has 1 aliphatic carbocycles. The average Bonchev–Trinajstić information content (AvgIpc) is 1.88. The van der Waals surface area contributed by atoms with E-state index in [1.807, 2.05) is 0 Å². The van der Waals surface area contributed by atoms with Gasteiger partial charge in [-0.1, -0.05) is 33.6 Å². The van der Waals surface area contributed by atoms with E-state index in [4.69, 9.17) is 0 Å². The van der Waals surface area contributed by atoms with Crippen molar-refractivity contribution in [2.75, 3.05) is 0 Å². The van der Waals surface area contributed by atoms with Crippen molar-refractivity contribution in [3.63, 3.8) is 0 Å². The summed E-state index contributed by atoms with van der Waals surface area (Å²) >= 11 is 0. The molecule has 0 spiro atoms. The van der Waals surface area contributed by atoms with Gasteiger partial charge < -0.3 is 0 Å². The number of hydrogen-bond donors (Lipinski definition) is 0. The summed E-state index contributed by atoms with van der Waals surface area (Å²) in [4.78, 5) is 0. The number of rotatable bonds is 1. The standard InChI is InChI=1S/C10H19/c1-8(2)10-6-4-9(3)5-7-10/h8-10H,3-7H2,1-2H3. The first-order chi connectivity index (χ1) is 4.70. The lowest BCUT2D eigenvalue weighted by Crippen LogP contribution is -2.16. The predicted molar refractivity (Wildman–Crippen MR) is 45.6 cm³/mol. The molecule has 1 aliphatic rings. The summed E-state index contributed by atoms with van der Waals surface area (Å²) in [7, 11) is 0. The Morgan fingerprint density at radius 2 is 1.60 bits per heavy atom. The van der Waals surface area contributed by atoms with Crippen LogP contribution >= 0.6 is 0 Å². The van der Waals surface area contributed by atoms with E-state index in [9.17, 15) is 0 Å². The maximum absolute atomic E-state index is 4.09. The molecule has 0 unspecified atom stereocenters. The van der Waals surface area contributed by atoms with Gasteiger partial charge in [0.2, 0.25) is 0 Å². The van der Waals surface area contributed by atoms with Crippen molar-refractivity contribution in [1.82, 2.24) is 0 Å². The van der Waals surface area contributed by atoms with Gasteiger partial charge in [0.1, 0.15) is 0 Å². The SMILES string of the molecule is [CH2]C1CCC(C(C)C)CC1. The van der Waals surface area contributed by atoms with E-state index in [0.29, 0.717) is 0 Å². The van der Waals surface area contributed by atoms with Gasteiger partial charge >= 0.3 is 0 Å². The summed E-state index contributed by atoms with van der Waals surface area (Å²) in [6.07, 6.45) is 5.57. The van der Waals surface area contributed by atoms with Crippen LogP contribution in [0.2, 0.25) is 0 Å². The summed E-state index contributed by atoms with van der Waals surface area (Å²) in [5.74, 6) is 2.65. The van der Waals surface area contributed by atoms with E-state index in [2.05, 4.69) is 20.8 Å². The highest BCUT2D eigenvalue weighted by Gasteiger charge is 2.20. The maximum Gasteiger partial charge on any atom is -0.0391 e. The van der Waals surface area contributed by atoms with Gasteiger partial charge in [-0.3, -0.25) is 0 Å². The van der Waals surface area contributed by atoms with Crippen LogP contribution in [0.5, 0.6) is 0 Å². The van der Waals surface area contributed by atoms with Gasteiger partial charge in [0.15, 0.2) is 0 Å².